The third-order valence-electron chi connectivity index (χ3n) is 3.11. The van der Waals surface area contributed by atoms with Crippen molar-refractivity contribution in [1.82, 2.24) is 5.32 Å². The van der Waals surface area contributed by atoms with Crippen molar-refractivity contribution in [3.05, 3.63) is 65.5 Å². The van der Waals surface area contributed by atoms with Gasteiger partial charge in [0.2, 0.25) is 0 Å². The first-order chi connectivity index (χ1) is 11.1. The molecule has 0 radical (unpaired) electrons. The largest absolute Gasteiger partial charge is 0.508 e. The number of esters is 1. The summed E-state index contributed by atoms with van der Waals surface area (Å²) in [7, 11) is 0. The average Bonchev–Trinajstić information content (AvgIpc) is 2.55. The molecule has 0 atom stereocenters. The fourth-order valence-electron chi connectivity index (χ4n) is 1.90. The predicted octanol–water partition coefficient (Wildman–Crippen LogP) is 2.05. The number of benzene rings is 2. The van der Waals surface area contributed by atoms with Crippen LogP contribution in [0.1, 0.15) is 15.9 Å². The van der Waals surface area contributed by atoms with Gasteiger partial charge < -0.3 is 15.2 Å². The molecule has 6 heteroatoms. The molecule has 0 heterocycles. The van der Waals surface area contributed by atoms with E-state index in [0.29, 0.717) is 12.0 Å². The Morgan fingerprint density at radius 3 is 2.48 bits per heavy atom. The van der Waals surface area contributed by atoms with Gasteiger partial charge in [0.15, 0.2) is 6.61 Å². The molecule has 120 valence electrons. The van der Waals surface area contributed by atoms with Crippen molar-refractivity contribution in [2.24, 2.45) is 0 Å². The van der Waals surface area contributed by atoms with Crippen molar-refractivity contribution in [2.45, 2.75) is 6.42 Å². The number of nitrogens with one attached hydrogen (secondary N) is 1. The second-order valence-electron chi connectivity index (χ2n) is 4.81. The Morgan fingerprint density at radius 1 is 1.09 bits per heavy atom. The molecule has 0 fully saturated rings. The van der Waals surface area contributed by atoms with Gasteiger partial charge in [-0.15, -0.1) is 0 Å². The van der Waals surface area contributed by atoms with Gasteiger partial charge in [-0.3, -0.25) is 4.79 Å². The van der Waals surface area contributed by atoms with Crippen LogP contribution in [0.4, 0.5) is 4.39 Å². The molecule has 0 saturated heterocycles. The first-order valence-corrected chi connectivity index (χ1v) is 7.02. The van der Waals surface area contributed by atoms with Crippen molar-refractivity contribution in [2.75, 3.05) is 13.2 Å². The number of halogens is 1. The second kappa shape index (κ2) is 7.93. The number of amides is 1. The molecule has 0 aliphatic carbocycles. The highest BCUT2D eigenvalue weighted by Gasteiger charge is 2.10. The van der Waals surface area contributed by atoms with Gasteiger partial charge in [0.1, 0.15) is 11.6 Å². The lowest BCUT2D eigenvalue weighted by Crippen LogP contribution is -2.30. The van der Waals surface area contributed by atoms with Crippen molar-refractivity contribution in [1.29, 1.82) is 0 Å². The number of carbonyl (C=O) groups is 2. The Bertz CT molecular complexity index is 685. The van der Waals surface area contributed by atoms with Gasteiger partial charge in [-0.05, 0) is 42.3 Å². The van der Waals surface area contributed by atoms with Crippen molar-refractivity contribution in [3.63, 3.8) is 0 Å². The lowest BCUT2D eigenvalue weighted by atomic mass is 10.1. The van der Waals surface area contributed by atoms with Gasteiger partial charge in [-0.2, -0.15) is 0 Å². The zero-order chi connectivity index (χ0) is 16.7. The van der Waals surface area contributed by atoms with E-state index in [1.165, 1.54) is 30.3 Å². The SMILES string of the molecule is O=C(COC(=O)c1ccc(O)cc1)NCCc1ccccc1F. The van der Waals surface area contributed by atoms with Crippen LogP contribution in [0.3, 0.4) is 0 Å². The maximum absolute atomic E-state index is 13.4. The van der Waals surface area contributed by atoms with Crippen LogP contribution in [-0.4, -0.2) is 30.1 Å². The van der Waals surface area contributed by atoms with E-state index in [1.54, 1.807) is 18.2 Å². The molecule has 2 aromatic carbocycles. The first-order valence-electron chi connectivity index (χ1n) is 7.02. The molecular formula is C17H16FNO4. The monoisotopic (exact) mass is 317 g/mol. The van der Waals surface area contributed by atoms with Crippen LogP contribution in [0.25, 0.3) is 0 Å². The molecule has 0 spiro atoms. The molecule has 2 N–H and O–H groups in total. The molecule has 0 aromatic heterocycles. The van der Waals surface area contributed by atoms with E-state index in [0.717, 1.165) is 0 Å². The first kappa shape index (κ1) is 16.5. The fraction of sp³-hybridized carbons (Fsp3) is 0.176. The Morgan fingerprint density at radius 2 is 1.78 bits per heavy atom. The minimum atomic E-state index is -0.658. The van der Waals surface area contributed by atoms with Crippen LogP contribution < -0.4 is 5.32 Å². The maximum atomic E-state index is 13.4. The minimum Gasteiger partial charge on any atom is -0.508 e. The van der Waals surface area contributed by atoms with E-state index in [9.17, 15) is 14.0 Å². The Kier molecular flexibility index (Phi) is 5.68. The normalized spacial score (nSPS) is 10.1. The van der Waals surface area contributed by atoms with Crippen LogP contribution in [-0.2, 0) is 16.0 Å². The standard InChI is InChI=1S/C17H16FNO4/c18-15-4-2-1-3-12(15)9-10-19-16(21)11-23-17(22)13-5-7-14(20)8-6-13/h1-8,20H,9-11H2,(H,19,21). The van der Waals surface area contributed by atoms with E-state index in [1.807, 2.05) is 0 Å². The topological polar surface area (TPSA) is 75.6 Å². The molecule has 23 heavy (non-hydrogen) atoms. The summed E-state index contributed by atoms with van der Waals surface area (Å²) in [6.07, 6.45) is 0.352. The van der Waals surface area contributed by atoms with Gasteiger partial charge in [0, 0.05) is 6.54 Å². The van der Waals surface area contributed by atoms with E-state index in [4.69, 9.17) is 9.84 Å². The highest BCUT2D eigenvalue weighted by Crippen LogP contribution is 2.10. The minimum absolute atomic E-state index is 0.0347. The molecular weight excluding hydrogens is 301 g/mol. The average molecular weight is 317 g/mol. The summed E-state index contributed by atoms with van der Waals surface area (Å²) >= 11 is 0. The number of phenolic OH excluding ortho intramolecular Hbond substituents is 1. The maximum Gasteiger partial charge on any atom is 0.338 e. The van der Waals surface area contributed by atoms with E-state index < -0.39 is 18.5 Å². The number of carbonyl (C=O) groups excluding carboxylic acids is 2. The third kappa shape index (κ3) is 5.10. The van der Waals surface area contributed by atoms with Crippen LogP contribution in [0.5, 0.6) is 5.75 Å². The zero-order valence-electron chi connectivity index (χ0n) is 12.3. The van der Waals surface area contributed by atoms with Crippen LogP contribution in [0, 0.1) is 5.82 Å². The number of phenols is 1. The summed E-state index contributed by atoms with van der Waals surface area (Å²) in [6.45, 7) is -0.173. The number of aromatic hydroxyl groups is 1. The number of ether oxygens (including phenoxy) is 1. The Labute approximate surface area is 132 Å². The molecule has 5 nitrogen and oxygen atoms in total. The molecule has 1 amide bonds. The van der Waals surface area contributed by atoms with E-state index >= 15 is 0 Å². The molecule has 0 unspecified atom stereocenters. The molecule has 2 aromatic rings. The van der Waals surface area contributed by atoms with Gasteiger partial charge in [0.05, 0.1) is 5.56 Å². The van der Waals surface area contributed by atoms with Crippen molar-refractivity contribution in [3.8, 4) is 5.75 Å². The lowest BCUT2D eigenvalue weighted by molar-refractivity contribution is -0.124. The Hall–Kier alpha value is -2.89. The second-order valence-corrected chi connectivity index (χ2v) is 4.81. The molecule has 2 rings (SSSR count). The van der Waals surface area contributed by atoms with Crippen LogP contribution in [0.2, 0.25) is 0 Å². The van der Waals surface area contributed by atoms with Crippen LogP contribution in [0.15, 0.2) is 48.5 Å². The summed E-state index contributed by atoms with van der Waals surface area (Å²) in [6, 6.07) is 11.8. The lowest BCUT2D eigenvalue weighted by Gasteiger charge is -2.07. The van der Waals surface area contributed by atoms with E-state index in [-0.39, 0.29) is 23.7 Å². The predicted molar refractivity (Wildman–Crippen MR) is 81.5 cm³/mol. The zero-order valence-corrected chi connectivity index (χ0v) is 12.3. The van der Waals surface area contributed by atoms with Gasteiger partial charge >= 0.3 is 5.97 Å². The van der Waals surface area contributed by atoms with Crippen molar-refractivity contribution < 1.29 is 23.8 Å². The molecule has 0 saturated carbocycles. The van der Waals surface area contributed by atoms with E-state index in [2.05, 4.69) is 5.32 Å². The summed E-state index contributed by atoms with van der Waals surface area (Å²) in [4.78, 5) is 23.3. The number of hydrogen-bond donors (Lipinski definition) is 2. The molecule has 0 aliphatic heterocycles. The summed E-state index contributed by atoms with van der Waals surface area (Å²) in [5.41, 5.74) is 0.746. The number of hydrogen-bond acceptors (Lipinski definition) is 4. The third-order valence-corrected chi connectivity index (χ3v) is 3.11. The number of rotatable bonds is 6. The van der Waals surface area contributed by atoms with Crippen molar-refractivity contribution >= 4 is 11.9 Å². The highest BCUT2D eigenvalue weighted by atomic mass is 19.1. The summed E-state index contributed by atoms with van der Waals surface area (Å²) < 4.78 is 18.2. The summed E-state index contributed by atoms with van der Waals surface area (Å²) in [5.74, 6) is -1.41. The van der Waals surface area contributed by atoms with Gasteiger partial charge in [0.25, 0.3) is 5.91 Å². The smallest absolute Gasteiger partial charge is 0.338 e. The fourth-order valence-corrected chi connectivity index (χ4v) is 1.90. The van der Waals surface area contributed by atoms with Crippen LogP contribution >= 0.6 is 0 Å². The highest BCUT2D eigenvalue weighted by molar-refractivity contribution is 5.91. The molecule has 0 bridgehead atoms. The molecule has 0 aliphatic rings. The van der Waals surface area contributed by atoms with Gasteiger partial charge in [-0.25, -0.2) is 9.18 Å². The van der Waals surface area contributed by atoms with Gasteiger partial charge in [-0.1, -0.05) is 18.2 Å². The summed E-state index contributed by atoms with van der Waals surface area (Å²) in [5, 5.41) is 11.7. The Balaban J connectivity index is 1.72. The quantitative estimate of drug-likeness (QED) is 0.800.